The molecule has 1 N–H and O–H groups in total. The normalized spacial score (nSPS) is 16.9. The van der Waals surface area contributed by atoms with Crippen molar-refractivity contribution in [2.24, 2.45) is 0 Å². The van der Waals surface area contributed by atoms with Gasteiger partial charge >= 0.3 is 6.09 Å². The molecular weight excluding hydrogens is 432 g/mol. The SMILES string of the molecule is CC(=O)N(c1ccccc1)C1(C)CCc2ccccc2N1C(=O)O.O=C(Cl)c1ccco1. The van der Waals surface area contributed by atoms with Crippen LogP contribution in [0.3, 0.4) is 0 Å². The Kier molecular flexibility index (Phi) is 7.00. The average molecular weight is 455 g/mol. The molecule has 166 valence electrons. The molecule has 1 aliphatic heterocycles. The van der Waals surface area contributed by atoms with E-state index in [0.717, 1.165) is 5.56 Å². The molecule has 32 heavy (non-hydrogen) atoms. The van der Waals surface area contributed by atoms with Gasteiger partial charge in [0.15, 0.2) is 5.76 Å². The Hall–Kier alpha value is -3.58. The minimum Gasteiger partial charge on any atom is -0.465 e. The van der Waals surface area contributed by atoms with Crippen molar-refractivity contribution >= 4 is 40.2 Å². The van der Waals surface area contributed by atoms with E-state index in [-0.39, 0.29) is 11.7 Å². The van der Waals surface area contributed by atoms with Gasteiger partial charge in [0.05, 0.1) is 12.0 Å². The number of halogens is 1. The maximum Gasteiger partial charge on any atom is 0.413 e. The number of carbonyl (C=O) groups excluding carboxylic acids is 2. The van der Waals surface area contributed by atoms with Crippen molar-refractivity contribution in [3.8, 4) is 0 Å². The zero-order valence-corrected chi connectivity index (χ0v) is 18.5. The fourth-order valence-corrected chi connectivity index (χ4v) is 4.08. The van der Waals surface area contributed by atoms with Gasteiger partial charge in [-0.2, -0.15) is 0 Å². The van der Waals surface area contributed by atoms with Crippen molar-refractivity contribution < 1.29 is 23.9 Å². The van der Waals surface area contributed by atoms with E-state index in [0.29, 0.717) is 24.2 Å². The number of hydrogen-bond acceptors (Lipinski definition) is 4. The lowest BCUT2D eigenvalue weighted by Gasteiger charge is -2.50. The Labute approximate surface area is 190 Å². The van der Waals surface area contributed by atoms with Crippen LogP contribution in [-0.2, 0) is 11.2 Å². The van der Waals surface area contributed by atoms with Gasteiger partial charge in [0.1, 0.15) is 5.66 Å². The third kappa shape index (κ3) is 4.68. The van der Waals surface area contributed by atoms with Crippen LogP contribution in [0.25, 0.3) is 0 Å². The van der Waals surface area contributed by atoms with E-state index >= 15 is 0 Å². The number of aryl methyl sites for hydroxylation is 1. The number of carboxylic acid groups (broad SMARTS) is 1. The molecule has 1 atom stereocenters. The highest BCUT2D eigenvalue weighted by Crippen LogP contribution is 2.41. The second-order valence-corrected chi connectivity index (χ2v) is 7.75. The Morgan fingerprint density at radius 1 is 1.03 bits per heavy atom. The number of benzene rings is 2. The van der Waals surface area contributed by atoms with Crippen LogP contribution >= 0.6 is 11.6 Å². The highest BCUT2D eigenvalue weighted by atomic mass is 35.5. The van der Waals surface area contributed by atoms with Gasteiger partial charge in [0, 0.05) is 12.6 Å². The van der Waals surface area contributed by atoms with E-state index in [2.05, 4.69) is 4.42 Å². The van der Waals surface area contributed by atoms with Crippen LogP contribution in [0.4, 0.5) is 16.2 Å². The smallest absolute Gasteiger partial charge is 0.413 e. The first-order chi connectivity index (χ1) is 15.3. The third-order valence-corrected chi connectivity index (χ3v) is 5.49. The largest absolute Gasteiger partial charge is 0.465 e. The minimum absolute atomic E-state index is 0.186. The number of amides is 2. The topological polar surface area (TPSA) is 91.1 Å². The molecule has 0 saturated carbocycles. The number of hydrogen-bond donors (Lipinski definition) is 1. The number of anilines is 2. The molecule has 0 fully saturated rings. The van der Waals surface area contributed by atoms with E-state index in [1.54, 1.807) is 17.0 Å². The monoisotopic (exact) mass is 454 g/mol. The Morgan fingerprint density at radius 3 is 2.22 bits per heavy atom. The number of rotatable bonds is 3. The average Bonchev–Trinajstić information content (AvgIpc) is 3.30. The molecule has 3 aromatic rings. The second kappa shape index (κ2) is 9.70. The predicted octanol–water partition coefficient (Wildman–Crippen LogP) is 5.55. The van der Waals surface area contributed by atoms with E-state index in [4.69, 9.17) is 11.6 Å². The van der Waals surface area contributed by atoms with Crippen LogP contribution < -0.4 is 9.80 Å². The maximum absolute atomic E-state index is 12.4. The van der Waals surface area contributed by atoms with Gasteiger partial charge in [-0.05, 0) is 67.3 Å². The Balaban J connectivity index is 0.000000305. The zero-order chi connectivity index (χ0) is 23.3. The summed E-state index contributed by atoms with van der Waals surface area (Å²) in [7, 11) is 0. The van der Waals surface area contributed by atoms with E-state index in [9.17, 15) is 19.5 Å². The summed E-state index contributed by atoms with van der Waals surface area (Å²) in [5.74, 6) is 0.000924. The van der Waals surface area contributed by atoms with Crippen molar-refractivity contribution in [2.45, 2.75) is 32.4 Å². The Bertz CT molecular complexity index is 1100. The van der Waals surface area contributed by atoms with E-state index < -0.39 is 17.0 Å². The molecule has 0 bridgehead atoms. The summed E-state index contributed by atoms with van der Waals surface area (Å²) < 4.78 is 4.61. The Morgan fingerprint density at radius 2 is 1.69 bits per heavy atom. The van der Waals surface area contributed by atoms with Crippen LogP contribution in [-0.4, -0.2) is 28.0 Å². The summed E-state index contributed by atoms with van der Waals surface area (Å²) in [6.07, 6.45) is 1.58. The minimum atomic E-state index is -1.06. The van der Waals surface area contributed by atoms with Crippen molar-refractivity contribution in [3.63, 3.8) is 0 Å². The highest BCUT2D eigenvalue weighted by molar-refractivity contribution is 6.67. The first kappa shape index (κ1) is 23.1. The molecule has 0 radical (unpaired) electrons. The summed E-state index contributed by atoms with van der Waals surface area (Å²) in [6, 6.07) is 19.8. The molecule has 1 unspecified atom stereocenters. The van der Waals surface area contributed by atoms with Gasteiger partial charge in [-0.1, -0.05) is 36.4 Å². The predicted molar refractivity (Wildman–Crippen MR) is 122 cm³/mol. The molecule has 0 aliphatic carbocycles. The molecule has 4 rings (SSSR count). The summed E-state index contributed by atoms with van der Waals surface area (Å²) in [5.41, 5.74) is 1.33. The number of furan rings is 1. The van der Waals surface area contributed by atoms with Crippen LogP contribution in [0, 0.1) is 0 Å². The molecule has 0 spiro atoms. The lowest BCUT2D eigenvalue weighted by molar-refractivity contribution is -0.117. The molecule has 8 heteroatoms. The molecule has 1 aliphatic rings. The summed E-state index contributed by atoms with van der Waals surface area (Å²) in [5, 5.41) is 9.33. The van der Waals surface area contributed by atoms with Gasteiger partial charge in [-0.3, -0.25) is 19.4 Å². The van der Waals surface area contributed by atoms with Gasteiger partial charge < -0.3 is 9.52 Å². The third-order valence-electron chi connectivity index (χ3n) is 5.30. The lowest BCUT2D eigenvalue weighted by Crippen LogP contribution is -2.64. The maximum atomic E-state index is 12.4. The standard InChI is InChI=1S/C19H20N2O3.C5H3ClO2/c1-14(22)20(16-9-4-3-5-10-16)19(2)13-12-15-8-6-7-11-17(15)21(19)18(23)24;6-5(7)4-2-1-3-8-4/h3-11H,12-13H2,1-2H3,(H,23,24);1-3H. The van der Waals surface area contributed by atoms with Crippen LogP contribution in [0.1, 0.15) is 36.4 Å². The molecule has 0 saturated heterocycles. The molecule has 7 nitrogen and oxygen atoms in total. The fraction of sp³-hybridized carbons (Fsp3) is 0.208. The first-order valence-electron chi connectivity index (χ1n) is 9.96. The van der Waals surface area contributed by atoms with Crippen LogP contribution in [0.15, 0.2) is 77.4 Å². The van der Waals surface area contributed by atoms with E-state index in [1.165, 1.54) is 24.2 Å². The summed E-state index contributed by atoms with van der Waals surface area (Å²) in [4.78, 5) is 37.6. The molecule has 2 aromatic carbocycles. The second-order valence-electron chi connectivity index (χ2n) is 7.40. The van der Waals surface area contributed by atoms with Crippen molar-refractivity contribution in [2.75, 3.05) is 9.80 Å². The van der Waals surface area contributed by atoms with Crippen LogP contribution in [0.5, 0.6) is 0 Å². The van der Waals surface area contributed by atoms with Crippen molar-refractivity contribution in [3.05, 3.63) is 84.3 Å². The fourth-order valence-electron chi connectivity index (χ4n) is 3.97. The molecular formula is C24H23ClN2O5. The molecule has 2 heterocycles. The number of carbonyl (C=O) groups is 3. The summed E-state index contributed by atoms with van der Waals surface area (Å²) >= 11 is 5.01. The zero-order valence-electron chi connectivity index (χ0n) is 17.7. The first-order valence-corrected chi connectivity index (χ1v) is 10.3. The van der Waals surface area contributed by atoms with Gasteiger partial charge in [0.2, 0.25) is 5.91 Å². The van der Waals surface area contributed by atoms with Crippen molar-refractivity contribution in [1.29, 1.82) is 0 Å². The van der Waals surface area contributed by atoms with Gasteiger partial charge in [-0.15, -0.1) is 0 Å². The number of para-hydroxylation sites is 2. The number of fused-ring (bicyclic) bond motifs is 1. The number of nitrogens with zero attached hydrogens (tertiary/aromatic N) is 2. The molecule has 1 aromatic heterocycles. The quantitative estimate of drug-likeness (QED) is 0.524. The van der Waals surface area contributed by atoms with Crippen LogP contribution in [0.2, 0.25) is 0 Å². The lowest BCUT2D eigenvalue weighted by atomic mass is 9.90. The van der Waals surface area contributed by atoms with E-state index in [1.807, 2.05) is 55.5 Å². The summed E-state index contributed by atoms with van der Waals surface area (Å²) in [6.45, 7) is 3.28. The van der Waals surface area contributed by atoms with Gasteiger partial charge in [-0.25, -0.2) is 4.79 Å². The molecule has 2 amide bonds. The van der Waals surface area contributed by atoms with Gasteiger partial charge in [0.25, 0.3) is 5.24 Å². The van der Waals surface area contributed by atoms with Crippen molar-refractivity contribution in [1.82, 2.24) is 0 Å². The highest BCUT2D eigenvalue weighted by Gasteiger charge is 2.46.